The fourth-order valence-corrected chi connectivity index (χ4v) is 3.78. The molecule has 2 aromatic rings. The Labute approximate surface area is 158 Å². The van der Waals surface area contributed by atoms with Crippen molar-refractivity contribution in [3.8, 4) is 0 Å². The van der Waals surface area contributed by atoms with Gasteiger partial charge in [0, 0.05) is 24.4 Å². The van der Waals surface area contributed by atoms with E-state index in [1.807, 2.05) is 0 Å². The third-order valence-corrected chi connectivity index (χ3v) is 5.13. The van der Waals surface area contributed by atoms with E-state index in [0.717, 1.165) is 5.56 Å². The summed E-state index contributed by atoms with van der Waals surface area (Å²) in [5.41, 5.74) is 1.75. The van der Waals surface area contributed by atoms with E-state index in [4.69, 9.17) is 16.3 Å². The fourth-order valence-electron chi connectivity index (χ4n) is 2.27. The number of ether oxygens (including phenoxy) is 1. The lowest BCUT2D eigenvalue weighted by Crippen LogP contribution is -2.28. The molecule has 26 heavy (non-hydrogen) atoms. The molecule has 1 amide bonds. The molecule has 140 valence electrons. The number of methoxy groups -OCH3 is 1. The van der Waals surface area contributed by atoms with E-state index < -0.39 is 10.0 Å². The van der Waals surface area contributed by atoms with E-state index in [2.05, 4.69) is 10.0 Å². The number of carbonyl (C=O) groups is 1. The van der Waals surface area contributed by atoms with Crippen molar-refractivity contribution in [3.63, 3.8) is 0 Å². The molecule has 0 atom stereocenters. The predicted molar refractivity (Wildman–Crippen MR) is 103 cm³/mol. The van der Waals surface area contributed by atoms with Crippen molar-refractivity contribution < 1.29 is 17.9 Å². The lowest BCUT2D eigenvalue weighted by atomic mass is 10.1. The van der Waals surface area contributed by atoms with Crippen molar-refractivity contribution in [1.29, 1.82) is 0 Å². The zero-order valence-corrected chi connectivity index (χ0v) is 15.9. The van der Waals surface area contributed by atoms with Gasteiger partial charge in [0.2, 0.25) is 15.9 Å². The molecule has 2 N–H and O–H groups in total. The molecule has 0 aliphatic heterocycles. The summed E-state index contributed by atoms with van der Waals surface area (Å²) in [5.74, 6) is -0.329. The molecular formula is C18H21ClN2O4S. The Morgan fingerprint density at radius 2 is 1.81 bits per heavy atom. The minimum absolute atomic E-state index is 0.117. The monoisotopic (exact) mass is 396 g/mol. The summed E-state index contributed by atoms with van der Waals surface area (Å²) < 4.78 is 31.9. The summed E-state index contributed by atoms with van der Waals surface area (Å²) in [5, 5.41) is 3.14. The van der Waals surface area contributed by atoms with Crippen molar-refractivity contribution in [2.24, 2.45) is 0 Å². The second kappa shape index (κ2) is 9.56. The Bertz CT molecular complexity index is 839. The molecule has 0 saturated carbocycles. The maximum atomic E-state index is 12.3. The van der Waals surface area contributed by atoms with Crippen LogP contribution >= 0.6 is 11.6 Å². The summed E-state index contributed by atoms with van der Waals surface area (Å²) in [6, 6.07) is 13.5. The van der Waals surface area contributed by atoms with Gasteiger partial charge in [-0.2, -0.15) is 0 Å². The molecule has 0 heterocycles. The summed E-state index contributed by atoms with van der Waals surface area (Å²) in [6.45, 7) is 0.910. The Hall–Kier alpha value is -2.09. The van der Waals surface area contributed by atoms with E-state index in [1.165, 1.54) is 0 Å². The summed E-state index contributed by atoms with van der Waals surface area (Å²) >= 11 is 6.01. The number of sulfonamides is 1. The first-order valence-corrected chi connectivity index (χ1v) is 10.0. The van der Waals surface area contributed by atoms with Gasteiger partial charge in [-0.15, -0.1) is 0 Å². The van der Waals surface area contributed by atoms with E-state index in [0.29, 0.717) is 29.4 Å². The van der Waals surface area contributed by atoms with E-state index in [1.54, 1.807) is 55.6 Å². The summed E-state index contributed by atoms with van der Waals surface area (Å²) in [4.78, 5) is 11.7. The van der Waals surface area contributed by atoms with E-state index >= 15 is 0 Å². The number of anilines is 1. The van der Waals surface area contributed by atoms with Crippen molar-refractivity contribution in [3.05, 3.63) is 64.7 Å². The largest absolute Gasteiger partial charge is 0.383 e. The number of hydrogen-bond acceptors (Lipinski definition) is 4. The van der Waals surface area contributed by atoms with Crippen molar-refractivity contribution >= 4 is 33.2 Å². The summed E-state index contributed by atoms with van der Waals surface area (Å²) in [6.07, 6.45) is 0.219. The van der Waals surface area contributed by atoms with Crippen LogP contribution in [-0.2, 0) is 31.7 Å². The molecule has 0 unspecified atom stereocenters. The molecule has 0 aliphatic rings. The fraction of sp³-hybridized carbons (Fsp3) is 0.278. The Morgan fingerprint density at radius 3 is 2.46 bits per heavy atom. The lowest BCUT2D eigenvalue weighted by molar-refractivity contribution is -0.120. The average molecular weight is 397 g/mol. The second-order valence-electron chi connectivity index (χ2n) is 5.67. The van der Waals surface area contributed by atoms with Gasteiger partial charge in [-0.1, -0.05) is 41.9 Å². The molecule has 0 radical (unpaired) electrons. The van der Waals surface area contributed by atoms with Crippen molar-refractivity contribution in [1.82, 2.24) is 5.32 Å². The zero-order valence-electron chi connectivity index (χ0n) is 14.4. The molecule has 0 aromatic heterocycles. The van der Waals surface area contributed by atoms with E-state index in [-0.39, 0.29) is 18.1 Å². The van der Waals surface area contributed by atoms with Crippen LogP contribution in [0.4, 0.5) is 5.69 Å². The Morgan fingerprint density at radius 1 is 1.12 bits per heavy atom. The number of halogens is 1. The molecule has 0 saturated heterocycles. The van der Waals surface area contributed by atoms with Crippen LogP contribution in [-0.4, -0.2) is 34.6 Å². The molecule has 2 rings (SSSR count). The van der Waals surface area contributed by atoms with Gasteiger partial charge in [0.1, 0.15) is 0 Å². The van der Waals surface area contributed by atoms with Gasteiger partial charge in [-0.05, 0) is 29.3 Å². The topological polar surface area (TPSA) is 84.5 Å². The maximum Gasteiger partial charge on any atom is 0.236 e. The molecule has 2 aromatic carbocycles. The predicted octanol–water partition coefficient (Wildman–Crippen LogP) is 2.59. The first-order chi connectivity index (χ1) is 12.4. The summed E-state index contributed by atoms with van der Waals surface area (Å²) in [7, 11) is -2.02. The van der Waals surface area contributed by atoms with E-state index in [9.17, 15) is 13.2 Å². The highest BCUT2D eigenvalue weighted by molar-refractivity contribution is 7.91. The molecule has 0 spiro atoms. The first-order valence-electron chi connectivity index (χ1n) is 7.98. The SMILES string of the molecule is COCCNC(=O)Cc1ccc(NS(=O)(=O)Cc2ccccc2Cl)cc1. The first kappa shape index (κ1) is 20.2. The normalized spacial score (nSPS) is 11.2. The molecule has 8 heteroatoms. The molecule has 6 nitrogen and oxygen atoms in total. The third kappa shape index (κ3) is 6.67. The van der Waals surface area contributed by atoms with Crippen LogP contribution in [0.1, 0.15) is 11.1 Å². The van der Waals surface area contributed by atoms with Crippen LogP contribution in [0.15, 0.2) is 48.5 Å². The molecule has 0 aliphatic carbocycles. The van der Waals surface area contributed by atoms with Gasteiger partial charge in [0.05, 0.1) is 18.8 Å². The third-order valence-electron chi connectivity index (χ3n) is 3.52. The highest BCUT2D eigenvalue weighted by Gasteiger charge is 2.14. The van der Waals surface area contributed by atoms with Crippen LogP contribution in [0.5, 0.6) is 0 Å². The number of rotatable bonds is 9. The Balaban J connectivity index is 1.93. The molecular weight excluding hydrogens is 376 g/mol. The van der Waals surface area contributed by atoms with Crippen molar-refractivity contribution in [2.45, 2.75) is 12.2 Å². The highest BCUT2D eigenvalue weighted by Crippen LogP contribution is 2.19. The van der Waals surface area contributed by atoms with Gasteiger partial charge in [0.15, 0.2) is 0 Å². The van der Waals surface area contributed by atoms with Gasteiger partial charge in [-0.3, -0.25) is 9.52 Å². The van der Waals surface area contributed by atoms with Gasteiger partial charge in [0.25, 0.3) is 0 Å². The number of nitrogens with one attached hydrogen (secondary N) is 2. The maximum absolute atomic E-state index is 12.3. The standard InChI is InChI=1S/C18H21ClN2O4S/c1-25-11-10-20-18(22)12-14-6-8-16(9-7-14)21-26(23,24)13-15-4-2-3-5-17(15)19/h2-9,21H,10-13H2,1H3,(H,20,22). The van der Waals surface area contributed by atoms with Gasteiger partial charge >= 0.3 is 0 Å². The minimum atomic E-state index is -3.59. The highest BCUT2D eigenvalue weighted by atomic mass is 35.5. The average Bonchev–Trinajstić information content (AvgIpc) is 2.58. The van der Waals surface area contributed by atoms with Crippen LogP contribution in [0, 0.1) is 0 Å². The van der Waals surface area contributed by atoms with Crippen LogP contribution in [0.3, 0.4) is 0 Å². The second-order valence-corrected chi connectivity index (χ2v) is 7.80. The number of carbonyl (C=O) groups excluding carboxylic acids is 1. The van der Waals surface area contributed by atoms with Crippen LogP contribution in [0.25, 0.3) is 0 Å². The number of hydrogen-bond donors (Lipinski definition) is 2. The Kier molecular flexibility index (Phi) is 7.44. The molecule has 0 bridgehead atoms. The molecule has 0 fully saturated rings. The van der Waals surface area contributed by atoms with Crippen molar-refractivity contribution in [2.75, 3.05) is 25.0 Å². The number of amides is 1. The smallest absolute Gasteiger partial charge is 0.236 e. The zero-order chi connectivity index (χ0) is 19.0. The van der Waals surface area contributed by atoms with Gasteiger partial charge in [-0.25, -0.2) is 8.42 Å². The van der Waals surface area contributed by atoms with Gasteiger partial charge < -0.3 is 10.1 Å². The quantitative estimate of drug-likeness (QED) is 0.638. The van der Waals surface area contributed by atoms with Crippen LogP contribution in [0.2, 0.25) is 5.02 Å². The lowest BCUT2D eigenvalue weighted by Gasteiger charge is -2.10. The minimum Gasteiger partial charge on any atom is -0.383 e. The number of benzene rings is 2. The van der Waals surface area contributed by atoms with Crippen LogP contribution < -0.4 is 10.0 Å².